The van der Waals surface area contributed by atoms with E-state index in [9.17, 15) is 4.79 Å². The maximum Gasteiger partial charge on any atom is 0.306 e. The molecule has 1 fully saturated rings. The van der Waals surface area contributed by atoms with Crippen LogP contribution in [0.3, 0.4) is 0 Å². The van der Waals surface area contributed by atoms with Crippen LogP contribution in [0.2, 0.25) is 0 Å². The lowest BCUT2D eigenvalue weighted by Crippen LogP contribution is -2.42. The lowest BCUT2D eigenvalue weighted by Gasteiger charge is -2.34. The number of hydrogen-bond acceptors (Lipinski definition) is 5. The summed E-state index contributed by atoms with van der Waals surface area (Å²) in [6.07, 6.45) is 4.50. The monoisotopic (exact) mass is 224 g/mol. The predicted octanol–water partition coefficient (Wildman–Crippen LogP) is -0.459. The van der Waals surface area contributed by atoms with Crippen molar-refractivity contribution in [3.8, 4) is 0 Å². The number of nitrogens with zero attached hydrogens (tertiary/aromatic N) is 2. The molecule has 6 heteroatoms. The van der Waals surface area contributed by atoms with Crippen molar-refractivity contribution in [2.45, 2.75) is 19.0 Å². The van der Waals surface area contributed by atoms with Crippen LogP contribution in [0.1, 0.15) is 12.8 Å². The van der Waals surface area contributed by atoms with Crippen LogP contribution >= 0.6 is 0 Å². The van der Waals surface area contributed by atoms with E-state index in [0.29, 0.717) is 12.8 Å². The van der Waals surface area contributed by atoms with Gasteiger partial charge in [0.1, 0.15) is 12.0 Å². The number of nitrogens with one attached hydrogen (secondary N) is 1. The Kier molecular flexibility index (Phi) is 3.09. The maximum absolute atomic E-state index is 10.8. The quantitative estimate of drug-likeness (QED) is 0.590. The first-order chi connectivity index (χ1) is 7.66. The number of carboxylic acid groups (broad SMARTS) is 1. The molecular formula is C10H16N4O2. The van der Waals surface area contributed by atoms with Crippen molar-refractivity contribution in [3.05, 3.63) is 11.9 Å². The summed E-state index contributed by atoms with van der Waals surface area (Å²) < 4.78 is 0. The average Bonchev–Trinajstić information content (AvgIpc) is 2.29. The van der Waals surface area contributed by atoms with Gasteiger partial charge in [-0.3, -0.25) is 9.79 Å². The van der Waals surface area contributed by atoms with Gasteiger partial charge in [-0.2, -0.15) is 0 Å². The van der Waals surface area contributed by atoms with Gasteiger partial charge in [-0.1, -0.05) is 0 Å². The Balaban J connectivity index is 1.92. The lowest BCUT2D eigenvalue weighted by molar-refractivity contribution is -0.143. The van der Waals surface area contributed by atoms with E-state index in [-0.39, 0.29) is 12.1 Å². The Morgan fingerprint density at radius 3 is 2.81 bits per heavy atom. The van der Waals surface area contributed by atoms with Gasteiger partial charge >= 0.3 is 5.97 Å². The second kappa shape index (κ2) is 4.52. The van der Waals surface area contributed by atoms with Gasteiger partial charge in [-0.25, -0.2) is 0 Å². The molecule has 2 aliphatic heterocycles. The van der Waals surface area contributed by atoms with E-state index >= 15 is 0 Å². The zero-order valence-electron chi connectivity index (χ0n) is 8.97. The molecule has 2 aliphatic rings. The molecule has 4 N–H and O–H groups in total. The highest BCUT2D eigenvalue weighted by Gasteiger charge is 2.25. The molecule has 16 heavy (non-hydrogen) atoms. The van der Waals surface area contributed by atoms with Gasteiger partial charge in [0.25, 0.3) is 0 Å². The third-order valence-corrected chi connectivity index (χ3v) is 2.97. The van der Waals surface area contributed by atoms with Gasteiger partial charge in [-0.05, 0) is 18.9 Å². The van der Waals surface area contributed by atoms with E-state index in [1.165, 1.54) is 0 Å². The minimum atomic E-state index is -0.691. The fraction of sp³-hybridized carbons (Fsp3) is 0.600. The Labute approximate surface area is 93.8 Å². The number of carbonyl (C=O) groups is 1. The molecule has 0 saturated carbocycles. The highest BCUT2D eigenvalue weighted by molar-refractivity contribution is 5.70. The summed E-state index contributed by atoms with van der Waals surface area (Å²) in [6, 6.07) is 0. The third kappa shape index (κ3) is 2.33. The number of likely N-dealkylation sites (tertiary alicyclic amines) is 1. The summed E-state index contributed by atoms with van der Waals surface area (Å²) >= 11 is 0. The number of aliphatic imine (C=N–C) groups is 1. The van der Waals surface area contributed by atoms with Crippen LogP contribution in [0.25, 0.3) is 0 Å². The molecule has 6 nitrogen and oxygen atoms in total. The average molecular weight is 224 g/mol. The number of piperidine rings is 1. The molecular weight excluding hydrogens is 208 g/mol. The molecule has 2 heterocycles. The van der Waals surface area contributed by atoms with Gasteiger partial charge in [-0.15, -0.1) is 0 Å². The lowest BCUT2D eigenvalue weighted by atomic mass is 9.97. The van der Waals surface area contributed by atoms with E-state index in [1.807, 2.05) is 6.08 Å². The molecule has 0 spiro atoms. The smallest absolute Gasteiger partial charge is 0.306 e. The zero-order valence-corrected chi connectivity index (χ0v) is 8.97. The van der Waals surface area contributed by atoms with Crippen LogP contribution in [0, 0.1) is 5.92 Å². The number of rotatable bonds is 2. The number of nitrogens with two attached hydrogens (primary N) is 1. The van der Waals surface area contributed by atoms with Gasteiger partial charge in [0.05, 0.1) is 12.3 Å². The first kappa shape index (κ1) is 10.9. The first-order valence-corrected chi connectivity index (χ1v) is 5.40. The molecule has 1 saturated heterocycles. The van der Waals surface area contributed by atoms with Crippen molar-refractivity contribution in [2.24, 2.45) is 16.6 Å². The normalized spacial score (nSPS) is 26.2. The Morgan fingerprint density at radius 2 is 2.25 bits per heavy atom. The number of hydrogen-bond donors (Lipinski definition) is 3. The fourth-order valence-electron chi connectivity index (χ4n) is 2.01. The second-order valence-corrected chi connectivity index (χ2v) is 4.06. The van der Waals surface area contributed by atoms with Crippen LogP contribution in [-0.2, 0) is 4.79 Å². The molecule has 0 radical (unpaired) electrons. The van der Waals surface area contributed by atoms with E-state index in [2.05, 4.69) is 15.2 Å². The van der Waals surface area contributed by atoms with Crippen molar-refractivity contribution >= 4 is 12.3 Å². The van der Waals surface area contributed by atoms with E-state index in [4.69, 9.17) is 10.8 Å². The second-order valence-electron chi connectivity index (χ2n) is 4.06. The Bertz CT molecular complexity index is 332. The molecule has 0 aromatic rings. The van der Waals surface area contributed by atoms with E-state index in [1.54, 1.807) is 6.34 Å². The zero-order chi connectivity index (χ0) is 11.5. The summed E-state index contributed by atoms with van der Waals surface area (Å²) in [6.45, 7) is 1.49. The molecule has 0 amide bonds. The standard InChI is InChI=1S/C10H16N4O2/c11-8-5-9(13-6-12-8)14-3-1-7(2-4-14)10(15)16/h5-8H,1-4,11H2,(H,12,13)(H,15,16). The number of carboxylic acids is 1. The summed E-state index contributed by atoms with van der Waals surface area (Å²) in [7, 11) is 0. The molecule has 88 valence electrons. The van der Waals surface area contributed by atoms with Crippen molar-refractivity contribution in [1.29, 1.82) is 0 Å². The SMILES string of the molecule is NC1C=C(N2CCC(C(=O)O)CC2)NC=N1. The third-order valence-electron chi connectivity index (χ3n) is 2.97. The van der Waals surface area contributed by atoms with Crippen LogP contribution in [0.15, 0.2) is 16.9 Å². The van der Waals surface area contributed by atoms with Gasteiger partial charge in [0.2, 0.25) is 0 Å². The minimum Gasteiger partial charge on any atom is -0.481 e. The van der Waals surface area contributed by atoms with Gasteiger partial charge < -0.3 is 21.1 Å². The summed E-state index contributed by atoms with van der Waals surface area (Å²) in [5.74, 6) is 0.0395. The largest absolute Gasteiger partial charge is 0.481 e. The van der Waals surface area contributed by atoms with Crippen molar-refractivity contribution in [1.82, 2.24) is 10.2 Å². The Morgan fingerprint density at radius 1 is 1.56 bits per heavy atom. The van der Waals surface area contributed by atoms with Crippen LogP contribution in [0.4, 0.5) is 0 Å². The fourth-order valence-corrected chi connectivity index (χ4v) is 2.01. The Hall–Kier alpha value is -1.56. The summed E-state index contributed by atoms with van der Waals surface area (Å²) in [5.41, 5.74) is 5.67. The highest BCUT2D eigenvalue weighted by atomic mass is 16.4. The first-order valence-electron chi connectivity index (χ1n) is 5.40. The summed E-state index contributed by atoms with van der Waals surface area (Å²) in [5, 5.41) is 11.9. The molecule has 1 unspecified atom stereocenters. The van der Waals surface area contributed by atoms with Crippen molar-refractivity contribution in [2.75, 3.05) is 13.1 Å². The van der Waals surface area contributed by atoms with Crippen LogP contribution in [-0.4, -0.2) is 41.6 Å². The predicted molar refractivity (Wildman–Crippen MR) is 59.6 cm³/mol. The minimum absolute atomic E-state index is 0.206. The van der Waals surface area contributed by atoms with Crippen molar-refractivity contribution < 1.29 is 9.90 Å². The topological polar surface area (TPSA) is 91.0 Å². The van der Waals surface area contributed by atoms with Gasteiger partial charge in [0, 0.05) is 13.1 Å². The van der Waals surface area contributed by atoms with Crippen molar-refractivity contribution in [3.63, 3.8) is 0 Å². The van der Waals surface area contributed by atoms with E-state index in [0.717, 1.165) is 18.9 Å². The van der Waals surface area contributed by atoms with Crippen LogP contribution < -0.4 is 11.1 Å². The van der Waals surface area contributed by atoms with E-state index < -0.39 is 5.97 Å². The maximum atomic E-state index is 10.8. The molecule has 0 aromatic carbocycles. The molecule has 2 rings (SSSR count). The van der Waals surface area contributed by atoms with Crippen LogP contribution in [0.5, 0.6) is 0 Å². The number of aliphatic carboxylic acids is 1. The molecule has 1 atom stereocenters. The highest BCUT2D eigenvalue weighted by Crippen LogP contribution is 2.20. The molecule has 0 bridgehead atoms. The summed E-state index contributed by atoms with van der Waals surface area (Å²) in [4.78, 5) is 16.9. The van der Waals surface area contributed by atoms with Gasteiger partial charge in [0.15, 0.2) is 0 Å². The molecule has 0 aromatic heterocycles. The molecule has 0 aliphatic carbocycles.